The first kappa shape index (κ1) is 33.0. The van der Waals surface area contributed by atoms with Crippen LogP contribution < -0.4 is 26.0 Å². The maximum absolute atomic E-state index is 12.0. The van der Waals surface area contributed by atoms with Crippen LogP contribution in [0.1, 0.15) is 36.2 Å². The molecule has 13 heteroatoms. The molecule has 232 valence electrons. The summed E-state index contributed by atoms with van der Waals surface area (Å²) >= 11 is 0. The first-order valence-electron chi connectivity index (χ1n) is 14.2. The van der Waals surface area contributed by atoms with Gasteiger partial charge in [-0.15, -0.1) is 0 Å². The Labute approximate surface area is 251 Å². The van der Waals surface area contributed by atoms with Crippen LogP contribution in [0, 0.1) is 5.92 Å². The van der Waals surface area contributed by atoms with E-state index in [0.29, 0.717) is 58.0 Å². The summed E-state index contributed by atoms with van der Waals surface area (Å²) in [5, 5.41) is 21.7. The van der Waals surface area contributed by atoms with Gasteiger partial charge in [-0.3, -0.25) is 4.79 Å². The molecule has 0 aliphatic rings. The second kappa shape index (κ2) is 18.1. The maximum atomic E-state index is 12.0. The van der Waals surface area contributed by atoms with Crippen molar-refractivity contribution >= 4 is 29.7 Å². The van der Waals surface area contributed by atoms with E-state index in [9.17, 15) is 14.7 Å². The highest BCUT2D eigenvalue weighted by molar-refractivity contribution is 5.94. The molecule has 2 aromatic carbocycles. The van der Waals surface area contributed by atoms with Gasteiger partial charge < -0.3 is 40.6 Å². The molecule has 43 heavy (non-hydrogen) atoms. The molecule has 13 nitrogen and oxygen atoms in total. The molecular formula is C30H41N7O6. The van der Waals surface area contributed by atoms with Crippen LogP contribution in [0.4, 0.5) is 17.8 Å². The largest absolute Gasteiger partial charge is 0.497 e. The molecule has 3 rings (SSSR count). The first-order valence-corrected chi connectivity index (χ1v) is 14.2. The average molecular weight is 596 g/mol. The van der Waals surface area contributed by atoms with Crippen molar-refractivity contribution in [3.63, 3.8) is 0 Å². The van der Waals surface area contributed by atoms with Crippen LogP contribution in [0.3, 0.4) is 0 Å². The molecule has 0 spiro atoms. The van der Waals surface area contributed by atoms with Crippen molar-refractivity contribution < 1.29 is 28.9 Å². The molecule has 1 heterocycles. The Bertz CT molecular complexity index is 1260. The predicted octanol–water partition coefficient (Wildman–Crippen LogP) is 3.28. The van der Waals surface area contributed by atoms with Crippen LogP contribution in [0.15, 0.2) is 54.6 Å². The molecule has 1 atom stereocenters. The molecule has 1 amide bonds. The van der Waals surface area contributed by atoms with Gasteiger partial charge in [-0.25, -0.2) is 4.79 Å². The number of rotatable bonds is 20. The molecule has 0 aliphatic heterocycles. The number of methoxy groups -OCH3 is 1. The Kier molecular flexibility index (Phi) is 13.9. The Balaban J connectivity index is 1.45. The summed E-state index contributed by atoms with van der Waals surface area (Å²) in [6, 6.07) is 15.7. The van der Waals surface area contributed by atoms with E-state index in [4.69, 9.17) is 14.2 Å². The molecule has 1 aromatic heterocycles. The van der Waals surface area contributed by atoms with Gasteiger partial charge in [-0.2, -0.15) is 15.0 Å². The predicted molar refractivity (Wildman–Crippen MR) is 164 cm³/mol. The zero-order chi connectivity index (χ0) is 30.9. The van der Waals surface area contributed by atoms with E-state index in [1.54, 1.807) is 19.2 Å². The average Bonchev–Trinajstić information content (AvgIpc) is 3.01. The van der Waals surface area contributed by atoms with Gasteiger partial charge in [0, 0.05) is 25.2 Å². The van der Waals surface area contributed by atoms with Crippen molar-refractivity contribution in [2.45, 2.75) is 32.9 Å². The van der Waals surface area contributed by atoms with Gasteiger partial charge in [0.15, 0.2) is 0 Å². The van der Waals surface area contributed by atoms with Crippen molar-refractivity contribution in [3.8, 4) is 5.75 Å². The number of carbonyl (C=O) groups excluding carboxylic acids is 1. The molecular weight excluding hydrogens is 554 g/mol. The number of benzene rings is 2. The number of amides is 1. The highest BCUT2D eigenvalue weighted by Crippen LogP contribution is 2.16. The number of nitrogens with zero attached hydrogens (tertiary/aromatic N) is 3. The lowest BCUT2D eigenvalue weighted by Crippen LogP contribution is -2.32. The molecule has 5 N–H and O–H groups in total. The van der Waals surface area contributed by atoms with Gasteiger partial charge in [0.1, 0.15) is 11.8 Å². The van der Waals surface area contributed by atoms with Crippen molar-refractivity contribution in [1.29, 1.82) is 0 Å². The number of carbonyl (C=O) groups is 2. The third-order valence-corrected chi connectivity index (χ3v) is 6.02. The minimum atomic E-state index is -0.981. The third-order valence-electron chi connectivity index (χ3n) is 6.02. The number of carboxylic acid groups (broad SMARTS) is 1. The van der Waals surface area contributed by atoms with E-state index in [2.05, 4.69) is 36.2 Å². The number of carboxylic acids is 1. The molecule has 0 fully saturated rings. The number of anilines is 3. The van der Waals surface area contributed by atoms with E-state index in [-0.39, 0.29) is 29.7 Å². The van der Waals surface area contributed by atoms with Crippen LogP contribution in [0.5, 0.6) is 5.75 Å². The fourth-order valence-corrected chi connectivity index (χ4v) is 3.86. The number of aliphatic carboxylic acids is 1. The minimum Gasteiger partial charge on any atom is -0.497 e. The van der Waals surface area contributed by atoms with Gasteiger partial charge >= 0.3 is 5.97 Å². The summed E-state index contributed by atoms with van der Waals surface area (Å²) in [6.07, 6.45) is 0.410. The molecule has 3 aromatic rings. The van der Waals surface area contributed by atoms with Gasteiger partial charge in [0.2, 0.25) is 17.8 Å². The van der Waals surface area contributed by atoms with Crippen molar-refractivity contribution in [1.82, 2.24) is 20.3 Å². The molecule has 0 bridgehead atoms. The van der Waals surface area contributed by atoms with Crippen LogP contribution in [-0.2, 0) is 20.8 Å². The van der Waals surface area contributed by atoms with E-state index < -0.39 is 12.0 Å². The van der Waals surface area contributed by atoms with Crippen LogP contribution in [0.25, 0.3) is 0 Å². The van der Waals surface area contributed by atoms with Gasteiger partial charge in [-0.1, -0.05) is 44.2 Å². The Morgan fingerprint density at radius 2 is 1.44 bits per heavy atom. The highest BCUT2D eigenvalue weighted by Gasteiger charge is 2.20. The Hall–Kier alpha value is -4.49. The number of hydrogen-bond donors (Lipinski definition) is 5. The van der Waals surface area contributed by atoms with E-state index >= 15 is 0 Å². The normalized spacial score (nSPS) is 11.5. The summed E-state index contributed by atoms with van der Waals surface area (Å²) in [7, 11) is 1.61. The van der Waals surface area contributed by atoms with Gasteiger partial charge in [-0.05, 0) is 42.2 Å². The fourth-order valence-electron chi connectivity index (χ4n) is 3.86. The fraction of sp³-hybridized carbons (Fsp3) is 0.433. The summed E-state index contributed by atoms with van der Waals surface area (Å²) in [5.41, 5.74) is 1.60. The topological polar surface area (TPSA) is 169 Å². The number of hydrogen-bond acceptors (Lipinski definition) is 11. The van der Waals surface area contributed by atoms with Crippen LogP contribution in [-0.4, -0.2) is 84.6 Å². The van der Waals surface area contributed by atoms with Crippen molar-refractivity contribution in [2.75, 3.05) is 62.6 Å². The van der Waals surface area contributed by atoms with Crippen LogP contribution in [0.2, 0.25) is 0 Å². The lowest BCUT2D eigenvalue weighted by Gasteiger charge is -2.17. The number of aromatic nitrogens is 3. The number of ether oxygens (including phenoxy) is 3. The zero-order valence-corrected chi connectivity index (χ0v) is 24.8. The SMILES string of the molecule is COc1ccc(CNc2nc(NCCOCCOCCNC(=O)c3ccccc3)nc(N[C@@H](CC(C)C)C(=O)O)n2)cc1. The highest BCUT2D eigenvalue weighted by atomic mass is 16.5. The zero-order valence-electron chi connectivity index (χ0n) is 24.8. The van der Waals surface area contributed by atoms with Crippen LogP contribution >= 0.6 is 0 Å². The van der Waals surface area contributed by atoms with Crippen molar-refractivity contribution in [2.24, 2.45) is 5.92 Å². The lowest BCUT2D eigenvalue weighted by atomic mass is 10.0. The summed E-state index contributed by atoms with van der Waals surface area (Å²) in [5.74, 6) is 0.515. The summed E-state index contributed by atoms with van der Waals surface area (Å²) in [4.78, 5) is 37.0. The van der Waals surface area contributed by atoms with Gasteiger partial charge in [0.05, 0.1) is 33.5 Å². The standard InChI is InChI=1S/C30H41N7O6/c1-21(2)19-25(27(39)40)34-30-36-28(35-29(37-30)33-20-22-9-11-24(41-3)12-10-22)32-14-16-43-18-17-42-15-13-31-26(38)23-7-5-4-6-8-23/h4-12,21,25H,13-20H2,1-3H3,(H,31,38)(H,39,40)(H3,32,33,34,35,36,37)/t25-/m0/s1. The third kappa shape index (κ3) is 12.5. The summed E-state index contributed by atoms with van der Waals surface area (Å²) < 4.78 is 16.3. The van der Waals surface area contributed by atoms with E-state index in [1.807, 2.05) is 56.3 Å². The van der Waals surface area contributed by atoms with E-state index in [0.717, 1.165) is 11.3 Å². The molecule has 0 radical (unpaired) electrons. The van der Waals surface area contributed by atoms with E-state index in [1.165, 1.54) is 0 Å². The Morgan fingerprint density at radius 3 is 2.07 bits per heavy atom. The monoisotopic (exact) mass is 595 g/mol. The maximum Gasteiger partial charge on any atom is 0.326 e. The first-order chi connectivity index (χ1) is 20.8. The van der Waals surface area contributed by atoms with Crippen molar-refractivity contribution in [3.05, 3.63) is 65.7 Å². The quantitative estimate of drug-likeness (QED) is 0.121. The lowest BCUT2D eigenvalue weighted by molar-refractivity contribution is -0.138. The minimum absolute atomic E-state index is 0.138. The molecule has 0 aliphatic carbocycles. The Morgan fingerprint density at radius 1 is 0.814 bits per heavy atom. The molecule has 0 unspecified atom stereocenters. The second-order valence-corrected chi connectivity index (χ2v) is 9.95. The smallest absolute Gasteiger partial charge is 0.326 e. The molecule has 0 saturated carbocycles. The van der Waals surface area contributed by atoms with Gasteiger partial charge in [0.25, 0.3) is 5.91 Å². The second-order valence-electron chi connectivity index (χ2n) is 9.95. The summed E-state index contributed by atoms with van der Waals surface area (Å²) in [6.45, 7) is 6.66. The molecule has 0 saturated heterocycles. The number of nitrogens with one attached hydrogen (secondary N) is 4.